The maximum absolute atomic E-state index is 13.0. The minimum atomic E-state index is -0.467. The first-order valence-corrected chi connectivity index (χ1v) is 7.19. The number of benzene rings is 1. The minimum absolute atomic E-state index is 0.0494. The van der Waals surface area contributed by atoms with Crippen LogP contribution >= 0.6 is 0 Å². The van der Waals surface area contributed by atoms with Crippen LogP contribution in [0.1, 0.15) is 32.6 Å². The summed E-state index contributed by atoms with van der Waals surface area (Å²) < 4.78 is 13.0. The Balaban J connectivity index is 1.80. The Kier molecular flexibility index (Phi) is 4.95. The third-order valence-electron chi connectivity index (χ3n) is 3.48. The van der Waals surface area contributed by atoms with Gasteiger partial charge in [-0.3, -0.25) is 9.69 Å². The molecule has 1 amide bonds. The molecule has 1 aromatic rings. The van der Waals surface area contributed by atoms with Gasteiger partial charge in [-0.05, 0) is 44.0 Å². The molecule has 1 aliphatic carbocycles. The molecule has 110 valence electrons. The number of nitrogens with one attached hydrogen (secondary N) is 1. The second kappa shape index (κ2) is 6.70. The third kappa shape index (κ3) is 4.20. The van der Waals surface area contributed by atoms with Crippen molar-refractivity contribution in [3.05, 3.63) is 24.0 Å². The Bertz CT molecular complexity index is 474. The predicted molar refractivity (Wildman–Crippen MR) is 78.9 cm³/mol. The summed E-state index contributed by atoms with van der Waals surface area (Å²) in [6.07, 6.45) is 4.05. The number of anilines is 2. The molecule has 0 bridgehead atoms. The fraction of sp³-hybridized carbons (Fsp3) is 0.533. The summed E-state index contributed by atoms with van der Waals surface area (Å²) in [5.74, 6) is -0.524. The molecule has 1 saturated carbocycles. The number of carbonyl (C=O) groups is 1. The average molecular weight is 279 g/mol. The van der Waals surface area contributed by atoms with Gasteiger partial charge < -0.3 is 11.1 Å². The van der Waals surface area contributed by atoms with Crippen molar-refractivity contribution in [3.63, 3.8) is 0 Å². The van der Waals surface area contributed by atoms with Crippen molar-refractivity contribution in [1.82, 2.24) is 4.90 Å². The molecule has 1 fully saturated rings. The molecule has 0 aromatic heterocycles. The van der Waals surface area contributed by atoms with E-state index < -0.39 is 5.82 Å². The predicted octanol–water partition coefficient (Wildman–Crippen LogP) is 2.61. The van der Waals surface area contributed by atoms with E-state index in [-0.39, 0.29) is 11.6 Å². The van der Waals surface area contributed by atoms with Crippen molar-refractivity contribution in [2.45, 2.75) is 38.6 Å². The highest BCUT2D eigenvalue weighted by atomic mass is 19.1. The van der Waals surface area contributed by atoms with Crippen LogP contribution in [0, 0.1) is 5.82 Å². The number of hydrogen-bond donors (Lipinski definition) is 2. The van der Waals surface area contributed by atoms with Crippen LogP contribution in [-0.2, 0) is 4.79 Å². The second-order valence-electron chi connectivity index (χ2n) is 5.30. The summed E-state index contributed by atoms with van der Waals surface area (Å²) in [7, 11) is 0. The zero-order valence-electron chi connectivity index (χ0n) is 11.9. The Hall–Kier alpha value is -1.62. The van der Waals surface area contributed by atoms with Gasteiger partial charge in [0.2, 0.25) is 5.91 Å². The van der Waals surface area contributed by atoms with Crippen LogP contribution in [0.3, 0.4) is 0 Å². The highest BCUT2D eigenvalue weighted by Gasteiger charge is 2.28. The summed E-state index contributed by atoms with van der Waals surface area (Å²) in [6.45, 7) is 3.97. The topological polar surface area (TPSA) is 58.4 Å². The van der Waals surface area contributed by atoms with E-state index in [1.807, 2.05) is 0 Å². The second-order valence-corrected chi connectivity index (χ2v) is 5.30. The summed E-state index contributed by atoms with van der Waals surface area (Å²) >= 11 is 0. The van der Waals surface area contributed by atoms with E-state index >= 15 is 0 Å². The fourth-order valence-corrected chi connectivity index (χ4v) is 2.29. The lowest BCUT2D eigenvalue weighted by molar-refractivity contribution is -0.116. The first-order chi connectivity index (χ1) is 9.60. The van der Waals surface area contributed by atoms with E-state index in [1.54, 1.807) is 0 Å². The molecule has 0 radical (unpaired) electrons. The molecule has 1 aromatic carbocycles. The summed E-state index contributed by atoms with van der Waals surface area (Å²) in [5.41, 5.74) is 6.06. The number of halogens is 1. The van der Waals surface area contributed by atoms with Gasteiger partial charge in [0.05, 0.1) is 5.69 Å². The van der Waals surface area contributed by atoms with Crippen molar-refractivity contribution in [1.29, 1.82) is 0 Å². The zero-order valence-corrected chi connectivity index (χ0v) is 11.9. The highest BCUT2D eigenvalue weighted by molar-refractivity contribution is 5.91. The number of nitrogen functional groups attached to an aromatic ring is 1. The molecule has 3 N–H and O–H groups in total. The Morgan fingerprint density at radius 2 is 2.20 bits per heavy atom. The van der Waals surface area contributed by atoms with Gasteiger partial charge in [0, 0.05) is 24.7 Å². The molecule has 0 heterocycles. The number of nitrogens with two attached hydrogens (primary N) is 1. The summed E-state index contributed by atoms with van der Waals surface area (Å²) in [5, 5.41) is 2.75. The Morgan fingerprint density at radius 3 is 2.80 bits per heavy atom. The van der Waals surface area contributed by atoms with E-state index in [9.17, 15) is 9.18 Å². The van der Waals surface area contributed by atoms with Crippen LogP contribution in [0.2, 0.25) is 0 Å². The van der Waals surface area contributed by atoms with E-state index in [0.717, 1.165) is 19.5 Å². The number of amides is 1. The van der Waals surface area contributed by atoms with Crippen molar-refractivity contribution in [2.24, 2.45) is 0 Å². The number of nitrogens with zero attached hydrogens (tertiary/aromatic N) is 1. The lowest BCUT2D eigenvalue weighted by atomic mass is 10.2. The van der Waals surface area contributed by atoms with Crippen LogP contribution in [0.15, 0.2) is 18.2 Å². The fourth-order valence-electron chi connectivity index (χ4n) is 2.29. The number of rotatable bonds is 7. The van der Waals surface area contributed by atoms with Gasteiger partial charge in [-0.2, -0.15) is 0 Å². The van der Waals surface area contributed by atoms with E-state index in [2.05, 4.69) is 17.1 Å². The van der Waals surface area contributed by atoms with Crippen molar-refractivity contribution < 1.29 is 9.18 Å². The Morgan fingerprint density at radius 1 is 1.45 bits per heavy atom. The molecule has 0 saturated heterocycles. The molecule has 0 spiro atoms. The standard InChI is InChI=1S/C15H22FN3O/c1-2-8-19(12-4-5-12)9-7-15(20)18-11-3-6-13(16)14(17)10-11/h3,6,10,12H,2,4-5,7-9,17H2,1H3,(H,18,20). The van der Waals surface area contributed by atoms with Crippen LogP contribution in [-0.4, -0.2) is 29.9 Å². The summed E-state index contributed by atoms with van der Waals surface area (Å²) in [4.78, 5) is 14.3. The van der Waals surface area contributed by atoms with Gasteiger partial charge in [0.15, 0.2) is 0 Å². The van der Waals surface area contributed by atoms with Crippen LogP contribution in [0.5, 0.6) is 0 Å². The average Bonchev–Trinajstić information content (AvgIpc) is 3.23. The molecule has 20 heavy (non-hydrogen) atoms. The molecular weight excluding hydrogens is 257 g/mol. The molecule has 0 unspecified atom stereocenters. The van der Waals surface area contributed by atoms with Crippen molar-refractivity contribution >= 4 is 17.3 Å². The molecule has 0 aliphatic heterocycles. The van der Waals surface area contributed by atoms with E-state index in [1.165, 1.54) is 31.0 Å². The number of hydrogen-bond acceptors (Lipinski definition) is 3. The molecular formula is C15H22FN3O. The smallest absolute Gasteiger partial charge is 0.225 e. The number of carbonyl (C=O) groups excluding carboxylic acids is 1. The van der Waals surface area contributed by atoms with Gasteiger partial charge in [-0.1, -0.05) is 6.92 Å². The highest BCUT2D eigenvalue weighted by Crippen LogP contribution is 2.27. The molecule has 2 rings (SSSR count). The van der Waals surface area contributed by atoms with Gasteiger partial charge in [0.25, 0.3) is 0 Å². The van der Waals surface area contributed by atoms with E-state index in [0.29, 0.717) is 18.2 Å². The Labute approximate surface area is 119 Å². The van der Waals surface area contributed by atoms with Gasteiger partial charge in [-0.15, -0.1) is 0 Å². The SMILES string of the molecule is CCCN(CCC(=O)Nc1ccc(F)c(N)c1)C1CC1. The minimum Gasteiger partial charge on any atom is -0.396 e. The first-order valence-electron chi connectivity index (χ1n) is 7.19. The maximum atomic E-state index is 13.0. The van der Waals surface area contributed by atoms with Gasteiger partial charge in [-0.25, -0.2) is 4.39 Å². The van der Waals surface area contributed by atoms with Crippen LogP contribution in [0.25, 0.3) is 0 Å². The monoisotopic (exact) mass is 279 g/mol. The molecule has 1 aliphatic rings. The lowest BCUT2D eigenvalue weighted by Gasteiger charge is -2.20. The maximum Gasteiger partial charge on any atom is 0.225 e. The van der Waals surface area contributed by atoms with Crippen molar-refractivity contribution in [2.75, 3.05) is 24.1 Å². The normalized spacial score (nSPS) is 14.6. The van der Waals surface area contributed by atoms with Crippen LogP contribution in [0.4, 0.5) is 15.8 Å². The van der Waals surface area contributed by atoms with Crippen LogP contribution < -0.4 is 11.1 Å². The third-order valence-corrected chi connectivity index (χ3v) is 3.48. The quantitative estimate of drug-likeness (QED) is 0.754. The van der Waals surface area contributed by atoms with Gasteiger partial charge in [0.1, 0.15) is 5.82 Å². The largest absolute Gasteiger partial charge is 0.396 e. The van der Waals surface area contributed by atoms with E-state index in [4.69, 9.17) is 5.73 Å². The molecule has 5 heteroatoms. The first kappa shape index (κ1) is 14.8. The molecule has 4 nitrogen and oxygen atoms in total. The summed E-state index contributed by atoms with van der Waals surface area (Å²) in [6, 6.07) is 4.90. The van der Waals surface area contributed by atoms with Gasteiger partial charge >= 0.3 is 0 Å². The molecule has 0 atom stereocenters. The zero-order chi connectivity index (χ0) is 14.5. The van der Waals surface area contributed by atoms with Crippen molar-refractivity contribution in [3.8, 4) is 0 Å². The lowest BCUT2D eigenvalue weighted by Crippen LogP contribution is -2.30.